The number of nitrogens with one attached hydrogen (secondary N) is 2. The summed E-state index contributed by atoms with van der Waals surface area (Å²) < 4.78 is 0. The maximum Gasteiger partial charge on any atom is 0.0202 e. The number of rotatable bonds is 5. The Balaban J connectivity index is 2.98. The average Bonchev–Trinajstić information content (AvgIpc) is 2.28. The molecule has 1 atom stereocenters. The second-order valence-corrected chi connectivity index (χ2v) is 4.96. The van der Waals surface area contributed by atoms with Crippen molar-refractivity contribution in [3.05, 3.63) is 35.4 Å². The molecule has 2 heteroatoms. The summed E-state index contributed by atoms with van der Waals surface area (Å²) >= 11 is 0. The molecule has 0 unspecified atom stereocenters. The largest absolute Gasteiger partial charge is 0.316 e. The van der Waals surface area contributed by atoms with Gasteiger partial charge in [-0.15, -0.1) is 0 Å². The molecule has 0 saturated carbocycles. The molecule has 2 N–H and O–H groups in total. The first-order valence-electron chi connectivity index (χ1n) is 5.93. The van der Waals surface area contributed by atoms with Gasteiger partial charge in [-0.25, -0.2) is 0 Å². The lowest BCUT2D eigenvalue weighted by atomic mass is 9.78. The fraction of sp³-hybridized carbons (Fsp3) is 0.571. The predicted octanol–water partition coefficient (Wildman–Crippen LogP) is 2.29. The van der Waals surface area contributed by atoms with Gasteiger partial charge in [-0.05, 0) is 32.1 Å². The van der Waals surface area contributed by atoms with E-state index in [1.54, 1.807) is 0 Å². The van der Waals surface area contributed by atoms with Gasteiger partial charge in [0.2, 0.25) is 0 Å². The normalized spacial score (nSPS) is 13.8. The van der Waals surface area contributed by atoms with Crippen LogP contribution in [0.4, 0.5) is 0 Å². The Morgan fingerprint density at radius 3 is 2.50 bits per heavy atom. The molecule has 90 valence electrons. The van der Waals surface area contributed by atoms with Crippen molar-refractivity contribution >= 4 is 0 Å². The molecule has 0 radical (unpaired) electrons. The molecule has 1 aromatic carbocycles. The van der Waals surface area contributed by atoms with Crippen LogP contribution in [0.3, 0.4) is 0 Å². The van der Waals surface area contributed by atoms with Crippen molar-refractivity contribution < 1.29 is 0 Å². The smallest absolute Gasteiger partial charge is 0.0202 e. The van der Waals surface area contributed by atoms with Gasteiger partial charge in [0.15, 0.2) is 0 Å². The van der Waals surface area contributed by atoms with Crippen LogP contribution in [0, 0.1) is 0 Å². The Labute approximate surface area is 99.5 Å². The molecule has 0 aliphatic heterocycles. The van der Waals surface area contributed by atoms with Crippen LogP contribution in [0.2, 0.25) is 0 Å². The second kappa shape index (κ2) is 5.46. The Morgan fingerprint density at radius 2 is 1.94 bits per heavy atom. The highest BCUT2D eigenvalue weighted by Crippen LogP contribution is 2.27. The predicted molar refractivity (Wildman–Crippen MR) is 70.8 cm³/mol. The fourth-order valence-electron chi connectivity index (χ4n) is 1.90. The average molecular weight is 220 g/mol. The highest BCUT2D eigenvalue weighted by atomic mass is 14.9. The Kier molecular flexibility index (Phi) is 4.51. The standard InChI is InChI=1S/C14H24N2/c1-11(16-5)14(2,3)13-8-6-7-12(9-13)10-15-4/h6-9,11,15-16H,10H2,1-5H3/t11-/m1/s1. The second-order valence-electron chi connectivity index (χ2n) is 4.96. The molecule has 1 rings (SSSR count). The minimum Gasteiger partial charge on any atom is -0.316 e. The zero-order chi connectivity index (χ0) is 12.2. The van der Waals surface area contributed by atoms with Crippen LogP contribution in [0.15, 0.2) is 24.3 Å². The third-order valence-corrected chi connectivity index (χ3v) is 3.57. The van der Waals surface area contributed by atoms with E-state index in [0.29, 0.717) is 6.04 Å². The van der Waals surface area contributed by atoms with E-state index in [9.17, 15) is 0 Å². The van der Waals surface area contributed by atoms with Crippen molar-refractivity contribution in [1.29, 1.82) is 0 Å². The Morgan fingerprint density at radius 1 is 1.25 bits per heavy atom. The van der Waals surface area contributed by atoms with Crippen LogP contribution in [-0.2, 0) is 12.0 Å². The van der Waals surface area contributed by atoms with E-state index in [0.717, 1.165) is 6.54 Å². The number of hydrogen-bond acceptors (Lipinski definition) is 2. The van der Waals surface area contributed by atoms with Gasteiger partial charge >= 0.3 is 0 Å². The van der Waals surface area contributed by atoms with E-state index >= 15 is 0 Å². The van der Waals surface area contributed by atoms with Gasteiger partial charge < -0.3 is 10.6 Å². The van der Waals surface area contributed by atoms with Crippen LogP contribution >= 0.6 is 0 Å². The van der Waals surface area contributed by atoms with Gasteiger partial charge in [-0.1, -0.05) is 38.1 Å². The molecule has 0 fully saturated rings. The molecule has 0 bridgehead atoms. The number of benzene rings is 1. The van der Waals surface area contributed by atoms with E-state index < -0.39 is 0 Å². The minimum atomic E-state index is 0.151. The highest BCUT2D eigenvalue weighted by Gasteiger charge is 2.26. The van der Waals surface area contributed by atoms with E-state index in [4.69, 9.17) is 0 Å². The summed E-state index contributed by atoms with van der Waals surface area (Å²) in [5.41, 5.74) is 2.89. The molecular formula is C14H24N2. The summed E-state index contributed by atoms with van der Waals surface area (Å²) in [4.78, 5) is 0. The molecule has 0 saturated heterocycles. The van der Waals surface area contributed by atoms with Crippen molar-refractivity contribution in [1.82, 2.24) is 10.6 Å². The van der Waals surface area contributed by atoms with E-state index in [-0.39, 0.29) is 5.41 Å². The molecule has 0 aromatic heterocycles. The van der Waals surface area contributed by atoms with Crippen molar-refractivity contribution in [3.63, 3.8) is 0 Å². The monoisotopic (exact) mass is 220 g/mol. The maximum absolute atomic E-state index is 3.34. The van der Waals surface area contributed by atoms with E-state index in [1.165, 1.54) is 11.1 Å². The van der Waals surface area contributed by atoms with E-state index in [1.807, 2.05) is 14.1 Å². The van der Waals surface area contributed by atoms with Crippen LogP contribution in [-0.4, -0.2) is 20.1 Å². The summed E-state index contributed by atoms with van der Waals surface area (Å²) in [5, 5.41) is 6.53. The van der Waals surface area contributed by atoms with Crippen molar-refractivity contribution in [3.8, 4) is 0 Å². The number of likely N-dealkylation sites (N-methyl/N-ethyl adjacent to an activating group) is 1. The van der Waals surface area contributed by atoms with Crippen molar-refractivity contribution in [2.45, 2.75) is 38.8 Å². The molecule has 0 heterocycles. The molecule has 0 amide bonds. The first kappa shape index (κ1) is 13.2. The summed E-state index contributed by atoms with van der Waals surface area (Å²) in [6, 6.07) is 9.28. The van der Waals surface area contributed by atoms with Gasteiger partial charge in [0.25, 0.3) is 0 Å². The summed E-state index contributed by atoms with van der Waals surface area (Å²) in [6.07, 6.45) is 0. The van der Waals surface area contributed by atoms with Crippen molar-refractivity contribution in [2.24, 2.45) is 0 Å². The zero-order valence-electron chi connectivity index (χ0n) is 11.1. The van der Waals surface area contributed by atoms with Crippen LogP contribution < -0.4 is 10.6 Å². The van der Waals surface area contributed by atoms with Gasteiger partial charge in [0.1, 0.15) is 0 Å². The van der Waals surface area contributed by atoms with Crippen LogP contribution in [0.25, 0.3) is 0 Å². The molecule has 2 nitrogen and oxygen atoms in total. The van der Waals surface area contributed by atoms with Gasteiger partial charge in [-0.2, -0.15) is 0 Å². The fourth-order valence-corrected chi connectivity index (χ4v) is 1.90. The lowest BCUT2D eigenvalue weighted by Gasteiger charge is -2.32. The Bertz CT molecular complexity index is 331. The minimum absolute atomic E-state index is 0.151. The topological polar surface area (TPSA) is 24.1 Å². The molecule has 0 aliphatic rings. The Hall–Kier alpha value is -0.860. The van der Waals surface area contributed by atoms with Gasteiger partial charge in [0, 0.05) is 18.0 Å². The van der Waals surface area contributed by atoms with Crippen molar-refractivity contribution in [2.75, 3.05) is 14.1 Å². The quantitative estimate of drug-likeness (QED) is 0.795. The van der Waals surface area contributed by atoms with Gasteiger partial charge in [0.05, 0.1) is 0 Å². The van der Waals surface area contributed by atoms with Crippen LogP contribution in [0.1, 0.15) is 31.9 Å². The van der Waals surface area contributed by atoms with E-state index in [2.05, 4.69) is 55.7 Å². The lowest BCUT2D eigenvalue weighted by molar-refractivity contribution is 0.383. The summed E-state index contributed by atoms with van der Waals surface area (Å²) in [5.74, 6) is 0. The highest BCUT2D eigenvalue weighted by molar-refractivity contribution is 5.30. The molecule has 16 heavy (non-hydrogen) atoms. The number of hydrogen-bond donors (Lipinski definition) is 2. The first-order valence-corrected chi connectivity index (χ1v) is 5.93. The van der Waals surface area contributed by atoms with Gasteiger partial charge in [-0.3, -0.25) is 0 Å². The molecule has 1 aromatic rings. The molecular weight excluding hydrogens is 196 g/mol. The van der Waals surface area contributed by atoms with Crippen LogP contribution in [0.5, 0.6) is 0 Å². The zero-order valence-corrected chi connectivity index (χ0v) is 11.1. The first-order chi connectivity index (χ1) is 7.52. The molecule has 0 spiro atoms. The third kappa shape index (κ3) is 2.83. The molecule has 0 aliphatic carbocycles. The lowest BCUT2D eigenvalue weighted by Crippen LogP contribution is -2.40. The maximum atomic E-state index is 3.34. The summed E-state index contributed by atoms with van der Waals surface area (Å²) in [7, 11) is 4.00. The third-order valence-electron chi connectivity index (χ3n) is 3.57. The SMILES string of the molecule is CNCc1cccc(C(C)(C)[C@@H](C)NC)c1. The summed E-state index contributed by atoms with van der Waals surface area (Å²) in [6.45, 7) is 7.72.